The summed E-state index contributed by atoms with van der Waals surface area (Å²) in [5, 5.41) is 3.23. The highest BCUT2D eigenvalue weighted by Crippen LogP contribution is 2.36. The van der Waals surface area contributed by atoms with Crippen LogP contribution in [0.25, 0.3) is 6.08 Å². The fourth-order valence-electron chi connectivity index (χ4n) is 2.62. The minimum atomic E-state index is -0.473. The van der Waals surface area contributed by atoms with E-state index in [9.17, 15) is 9.59 Å². The number of hydrogen-bond acceptors (Lipinski definition) is 4. The Morgan fingerprint density at radius 3 is 2.72 bits per heavy atom. The number of hydrogen-bond donors (Lipinski definition) is 2. The number of methoxy groups -OCH3 is 1. The van der Waals surface area contributed by atoms with Gasteiger partial charge < -0.3 is 20.5 Å². The van der Waals surface area contributed by atoms with Crippen LogP contribution >= 0.6 is 11.6 Å². The Labute approximate surface area is 175 Å². The predicted molar refractivity (Wildman–Crippen MR) is 114 cm³/mol. The summed E-state index contributed by atoms with van der Waals surface area (Å²) >= 11 is 6.28. The molecule has 0 heterocycles. The molecule has 2 amide bonds. The third-order valence-corrected chi connectivity index (χ3v) is 4.33. The van der Waals surface area contributed by atoms with Crippen LogP contribution in [0.3, 0.4) is 0 Å². The van der Waals surface area contributed by atoms with Gasteiger partial charge in [0.1, 0.15) is 0 Å². The molecule has 29 heavy (non-hydrogen) atoms. The first-order chi connectivity index (χ1) is 13.9. The van der Waals surface area contributed by atoms with Gasteiger partial charge in [0.25, 0.3) is 0 Å². The van der Waals surface area contributed by atoms with Gasteiger partial charge in [-0.2, -0.15) is 0 Å². The summed E-state index contributed by atoms with van der Waals surface area (Å²) < 4.78 is 11.0. The molecule has 2 aromatic carbocycles. The Morgan fingerprint density at radius 2 is 2.03 bits per heavy atom. The second kappa shape index (κ2) is 11.1. The molecule has 3 N–H and O–H groups in total. The van der Waals surface area contributed by atoms with Crippen molar-refractivity contribution in [3.63, 3.8) is 0 Å². The highest BCUT2D eigenvalue weighted by molar-refractivity contribution is 6.32. The first-order valence-electron chi connectivity index (χ1n) is 9.29. The molecule has 7 heteroatoms. The maximum absolute atomic E-state index is 12.1. The van der Waals surface area contributed by atoms with Crippen LogP contribution in [-0.2, 0) is 11.2 Å². The summed E-state index contributed by atoms with van der Waals surface area (Å²) in [7, 11) is 1.54. The molecule has 154 valence electrons. The zero-order chi connectivity index (χ0) is 21.2. The topological polar surface area (TPSA) is 90.6 Å². The molecule has 0 radical (unpaired) electrons. The van der Waals surface area contributed by atoms with E-state index in [1.807, 2.05) is 13.0 Å². The summed E-state index contributed by atoms with van der Waals surface area (Å²) in [6, 6.07) is 10.5. The standard InChI is InChI=1S/C22H25ClN2O4/c1-3-11-29-21-18(23)13-16(14-19(21)28-2)7-8-20(26)25-10-9-15-5-4-6-17(12-15)22(24)27/h4-8,12-14H,3,9-11H2,1-2H3,(H2,24,27)(H,25,26)/b8-7+. The second-order valence-electron chi connectivity index (χ2n) is 6.32. The van der Waals surface area contributed by atoms with E-state index in [2.05, 4.69) is 5.32 Å². The Bertz CT molecular complexity index is 896. The molecule has 0 bridgehead atoms. The highest BCUT2D eigenvalue weighted by atomic mass is 35.5. The maximum Gasteiger partial charge on any atom is 0.248 e. The minimum absolute atomic E-state index is 0.238. The molecule has 0 saturated heterocycles. The fourth-order valence-corrected chi connectivity index (χ4v) is 2.89. The van der Waals surface area contributed by atoms with Crippen LogP contribution in [0.15, 0.2) is 42.5 Å². The Kier molecular flexibility index (Phi) is 8.55. The summed E-state index contributed by atoms with van der Waals surface area (Å²) in [4.78, 5) is 23.3. The molecule has 0 atom stereocenters. The quantitative estimate of drug-likeness (QED) is 0.579. The Balaban J connectivity index is 1.94. The minimum Gasteiger partial charge on any atom is -0.493 e. The van der Waals surface area contributed by atoms with Crippen LogP contribution in [0.2, 0.25) is 5.02 Å². The van der Waals surface area contributed by atoms with Crippen LogP contribution in [-0.4, -0.2) is 32.1 Å². The van der Waals surface area contributed by atoms with E-state index < -0.39 is 5.91 Å². The zero-order valence-corrected chi connectivity index (χ0v) is 17.3. The number of rotatable bonds is 10. The van der Waals surface area contributed by atoms with E-state index in [1.165, 1.54) is 13.2 Å². The number of carbonyl (C=O) groups is 2. The number of nitrogens with two attached hydrogens (primary N) is 1. The Hall–Kier alpha value is -2.99. The third kappa shape index (κ3) is 6.84. The molecule has 0 spiro atoms. The molecule has 2 aromatic rings. The van der Waals surface area contributed by atoms with Gasteiger partial charge in [-0.3, -0.25) is 9.59 Å². The van der Waals surface area contributed by atoms with E-state index >= 15 is 0 Å². The predicted octanol–water partition coefficient (Wildman–Crippen LogP) is 3.61. The average Bonchev–Trinajstić information content (AvgIpc) is 2.71. The second-order valence-corrected chi connectivity index (χ2v) is 6.73. The lowest BCUT2D eigenvalue weighted by atomic mass is 10.1. The molecule has 6 nitrogen and oxygen atoms in total. The molecule has 0 saturated carbocycles. The normalized spacial score (nSPS) is 10.7. The van der Waals surface area contributed by atoms with Gasteiger partial charge >= 0.3 is 0 Å². The monoisotopic (exact) mass is 416 g/mol. The average molecular weight is 417 g/mol. The van der Waals surface area contributed by atoms with Crippen molar-refractivity contribution in [2.24, 2.45) is 5.73 Å². The molecule has 0 aromatic heterocycles. The van der Waals surface area contributed by atoms with Gasteiger partial charge in [-0.05, 0) is 54.3 Å². The smallest absolute Gasteiger partial charge is 0.248 e. The number of primary amides is 1. The van der Waals surface area contributed by atoms with E-state index in [0.29, 0.717) is 41.7 Å². The van der Waals surface area contributed by atoms with Gasteiger partial charge in [-0.1, -0.05) is 30.7 Å². The largest absolute Gasteiger partial charge is 0.493 e. The lowest BCUT2D eigenvalue weighted by Gasteiger charge is -2.12. The van der Waals surface area contributed by atoms with Crippen molar-refractivity contribution < 1.29 is 19.1 Å². The van der Waals surface area contributed by atoms with Crippen molar-refractivity contribution in [2.75, 3.05) is 20.3 Å². The van der Waals surface area contributed by atoms with Gasteiger partial charge in [0.05, 0.1) is 18.7 Å². The van der Waals surface area contributed by atoms with Crippen molar-refractivity contribution in [1.29, 1.82) is 0 Å². The number of carbonyl (C=O) groups excluding carboxylic acids is 2. The number of halogens is 1. The van der Waals surface area contributed by atoms with Crippen molar-refractivity contribution in [3.8, 4) is 11.5 Å². The van der Waals surface area contributed by atoms with Crippen molar-refractivity contribution in [2.45, 2.75) is 19.8 Å². The van der Waals surface area contributed by atoms with Crippen molar-refractivity contribution in [3.05, 3.63) is 64.2 Å². The number of benzene rings is 2. The fraction of sp³-hybridized carbons (Fsp3) is 0.273. The first kappa shape index (κ1) is 22.3. The van der Waals surface area contributed by atoms with E-state index in [4.69, 9.17) is 26.8 Å². The summed E-state index contributed by atoms with van der Waals surface area (Å²) in [6.45, 7) is 2.97. The first-order valence-corrected chi connectivity index (χ1v) is 9.67. The van der Waals surface area contributed by atoms with Gasteiger partial charge in [0.15, 0.2) is 11.5 Å². The summed E-state index contributed by atoms with van der Waals surface area (Å²) in [5.41, 5.74) is 7.37. The van der Waals surface area contributed by atoms with Gasteiger partial charge in [0.2, 0.25) is 11.8 Å². The number of amides is 2. The molecule has 2 rings (SSSR count). The van der Waals surface area contributed by atoms with Crippen molar-refractivity contribution in [1.82, 2.24) is 5.32 Å². The van der Waals surface area contributed by atoms with E-state index in [1.54, 1.807) is 36.4 Å². The maximum atomic E-state index is 12.1. The lowest BCUT2D eigenvalue weighted by molar-refractivity contribution is -0.116. The van der Waals surface area contributed by atoms with Crippen molar-refractivity contribution >= 4 is 29.5 Å². The summed E-state index contributed by atoms with van der Waals surface area (Å²) in [5.74, 6) is 0.299. The zero-order valence-electron chi connectivity index (χ0n) is 16.5. The van der Waals surface area contributed by atoms with Crippen LogP contribution < -0.4 is 20.5 Å². The molecular weight excluding hydrogens is 392 g/mol. The van der Waals surface area contributed by atoms with Crippen LogP contribution in [0, 0.1) is 0 Å². The van der Waals surface area contributed by atoms with E-state index in [-0.39, 0.29) is 5.91 Å². The van der Waals surface area contributed by atoms with Gasteiger partial charge in [-0.15, -0.1) is 0 Å². The lowest BCUT2D eigenvalue weighted by Crippen LogP contribution is -2.23. The highest BCUT2D eigenvalue weighted by Gasteiger charge is 2.11. The Morgan fingerprint density at radius 1 is 1.24 bits per heavy atom. The van der Waals surface area contributed by atoms with Gasteiger partial charge in [-0.25, -0.2) is 0 Å². The SMILES string of the molecule is CCCOc1c(Cl)cc(/C=C/C(=O)NCCc2cccc(C(N)=O)c2)cc1OC. The number of nitrogens with one attached hydrogen (secondary N) is 1. The van der Waals surface area contributed by atoms with Crippen LogP contribution in [0.5, 0.6) is 11.5 Å². The third-order valence-electron chi connectivity index (χ3n) is 4.05. The molecule has 0 aliphatic rings. The molecule has 0 aliphatic carbocycles. The van der Waals surface area contributed by atoms with E-state index in [0.717, 1.165) is 17.5 Å². The van der Waals surface area contributed by atoms with Crippen LogP contribution in [0.1, 0.15) is 34.8 Å². The molecule has 0 fully saturated rings. The molecular formula is C22H25ClN2O4. The number of ether oxygens (including phenoxy) is 2. The van der Waals surface area contributed by atoms with Gasteiger partial charge in [0, 0.05) is 18.2 Å². The molecule has 0 unspecified atom stereocenters. The van der Waals surface area contributed by atoms with Crippen LogP contribution in [0.4, 0.5) is 0 Å². The summed E-state index contributed by atoms with van der Waals surface area (Å²) in [6.07, 6.45) is 4.52. The molecule has 0 aliphatic heterocycles.